The highest BCUT2D eigenvalue weighted by Gasteiger charge is 2.40. The Labute approximate surface area is 300 Å². The molecule has 1 fully saturated rings. The van der Waals surface area contributed by atoms with E-state index in [0.29, 0.717) is 41.1 Å². The van der Waals surface area contributed by atoms with Gasteiger partial charge < -0.3 is 20.3 Å². The third-order valence-electron chi connectivity index (χ3n) is 10.0. The molecule has 4 amide bonds. The summed E-state index contributed by atoms with van der Waals surface area (Å²) in [5.41, 5.74) is 3.42. The molecule has 0 spiro atoms. The minimum Gasteiger partial charge on any atom is -0.374 e. The molecular weight excluding hydrogens is 646 g/mol. The molecule has 12 heteroatoms. The Balaban J connectivity index is 1.19. The number of ether oxygens (including phenoxy) is 1. The topological polar surface area (TPSA) is 139 Å². The van der Waals surface area contributed by atoms with Gasteiger partial charge in [-0.2, -0.15) is 4.58 Å². The number of nitrogens with one attached hydrogen (secondary N) is 2. The van der Waals surface area contributed by atoms with E-state index in [1.165, 1.54) is 12.8 Å². The van der Waals surface area contributed by atoms with Crippen LogP contribution in [0.4, 0.5) is 5.69 Å². The fourth-order valence-electron chi connectivity index (χ4n) is 6.19. The van der Waals surface area contributed by atoms with Crippen LogP contribution in [0.5, 0.6) is 0 Å². The maximum absolute atomic E-state index is 13.9. The van der Waals surface area contributed by atoms with Crippen LogP contribution in [0.2, 0.25) is 0 Å². The number of benzene rings is 2. The van der Waals surface area contributed by atoms with E-state index in [1.54, 1.807) is 21.2 Å². The molecule has 1 saturated carbocycles. The molecule has 2 heterocycles. The summed E-state index contributed by atoms with van der Waals surface area (Å²) in [6, 6.07) is 15.2. The third kappa shape index (κ3) is 9.15. The highest BCUT2D eigenvalue weighted by Crippen LogP contribution is 2.47. The van der Waals surface area contributed by atoms with Crippen LogP contribution in [0.15, 0.2) is 48.5 Å². The van der Waals surface area contributed by atoms with Crippen molar-refractivity contribution in [1.82, 2.24) is 25.6 Å². The fourth-order valence-corrected chi connectivity index (χ4v) is 6.19. The number of nitrogens with zero attached hydrogens (tertiary/aromatic N) is 5. The summed E-state index contributed by atoms with van der Waals surface area (Å²) in [5.74, 6) is -0.598. The maximum atomic E-state index is 13.9. The second-order valence-corrected chi connectivity index (χ2v) is 15.4. The van der Waals surface area contributed by atoms with Gasteiger partial charge in [0.05, 0.1) is 28.9 Å². The Morgan fingerprint density at radius 2 is 1.67 bits per heavy atom. The van der Waals surface area contributed by atoms with Gasteiger partial charge in [0.2, 0.25) is 17.7 Å². The standard InChI is InChI=1S/C39H51N7O5/c1-37(2,36(50)44(7)22-20-39(5)18-19-39)21-23-51-38(3,4)26-41-31(47)16-17-33(49)45-24-27-12-8-9-13-28(27)35-34(29-14-10-11-15-30(29)45)42-43-46(35)25-32(48)40-6/h8-15,22H,16-21,23-26H2,1-7H3,(H-,40,41,47,48)/p+1. The Bertz CT molecular complexity index is 1820. The van der Waals surface area contributed by atoms with Crippen LogP contribution in [0, 0.1) is 10.8 Å². The van der Waals surface area contributed by atoms with Gasteiger partial charge in [0.1, 0.15) is 25.5 Å². The lowest BCUT2D eigenvalue weighted by Crippen LogP contribution is -2.42. The van der Waals surface area contributed by atoms with Gasteiger partial charge >= 0.3 is 5.91 Å². The highest BCUT2D eigenvalue weighted by molar-refractivity contribution is 6.01. The first-order valence-corrected chi connectivity index (χ1v) is 17.8. The van der Waals surface area contributed by atoms with E-state index in [1.807, 2.05) is 89.5 Å². The van der Waals surface area contributed by atoms with E-state index in [0.717, 1.165) is 17.5 Å². The third-order valence-corrected chi connectivity index (χ3v) is 10.0. The molecule has 1 aromatic heterocycles. The summed E-state index contributed by atoms with van der Waals surface area (Å²) < 4.78 is 9.45. The Hall–Kier alpha value is -4.71. The summed E-state index contributed by atoms with van der Waals surface area (Å²) in [7, 11) is 3.40. The van der Waals surface area contributed by atoms with Crippen LogP contribution >= 0.6 is 0 Å². The zero-order chi connectivity index (χ0) is 37.0. The van der Waals surface area contributed by atoms with Crippen molar-refractivity contribution in [1.29, 1.82) is 0 Å². The molecule has 12 nitrogen and oxygen atoms in total. The average molecular weight is 699 g/mol. The van der Waals surface area contributed by atoms with Crippen LogP contribution in [-0.2, 0) is 37.0 Å². The number of carbonyl (C=O) groups is 4. The molecule has 0 unspecified atom stereocenters. The normalized spacial score (nSPS) is 15.1. The number of fused-ring (bicyclic) bond motifs is 5. The molecule has 0 radical (unpaired) electrons. The largest absolute Gasteiger partial charge is 0.392 e. The molecular formula is C39H52N7O5+. The van der Waals surface area contributed by atoms with E-state index < -0.39 is 11.0 Å². The second-order valence-electron chi connectivity index (χ2n) is 15.4. The number of likely N-dealkylation sites (N-methyl/N-ethyl adjacent to an activating group) is 1. The van der Waals surface area contributed by atoms with Gasteiger partial charge in [0.25, 0.3) is 0 Å². The van der Waals surface area contributed by atoms with Gasteiger partial charge in [-0.25, -0.2) is 9.48 Å². The Morgan fingerprint density at radius 1 is 0.980 bits per heavy atom. The lowest BCUT2D eigenvalue weighted by Gasteiger charge is -2.29. The minimum atomic E-state index is -0.671. The summed E-state index contributed by atoms with van der Waals surface area (Å²) >= 11 is 0. The molecule has 3 aromatic rings. The van der Waals surface area contributed by atoms with Crippen molar-refractivity contribution in [2.45, 2.75) is 91.8 Å². The van der Waals surface area contributed by atoms with Gasteiger partial charge in [-0.15, -0.1) is 5.10 Å². The molecule has 5 rings (SSSR count). The van der Waals surface area contributed by atoms with Crippen molar-refractivity contribution in [3.63, 3.8) is 0 Å². The molecule has 2 aromatic carbocycles. The van der Waals surface area contributed by atoms with Gasteiger partial charge in [-0.3, -0.25) is 14.4 Å². The summed E-state index contributed by atoms with van der Waals surface area (Å²) in [4.78, 5) is 54.0. The van der Waals surface area contributed by atoms with Gasteiger partial charge in [-0.1, -0.05) is 54.6 Å². The molecule has 2 N–H and O–H groups in total. The van der Waals surface area contributed by atoms with Gasteiger partial charge in [0, 0.05) is 50.6 Å². The fraction of sp³-hybridized carbons (Fsp3) is 0.513. The summed E-state index contributed by atoms with van der Waals surface area (Å²) in [6.45, 7) is 10.8. The number of anilines is 1. The summed E-state index contributed by atoms with van der Waals surface area (Å²) in [5, 5.41) is 14.4. The quantitative estimate of drug-likeness (QED) is 0.183. The Morgan fingerprint density at radius 3 is 2.37 bits per heavy atom. The number of rotatable bonds is 14. The number of hydrogen-bond acceptors (Lipinski definition) is 7. The van der Waals surface area contributed by atoms with Crippen molar-refractivity contribution in [3.8, 4) is 22.5 Å². The highest BCUT2D eigenvalue weighted by atomic mass is 16.5. The van der Waals surface area contributed by atoms with Gasteiger partial charge in [-0.05, 0) is 64.0 Å². The van der Waals surface area contributed by atoms with Crippen LogP contribution in [0.25, 0.3) is 22.5 Å². The number of amides is 4. The minimum absolute atomic E-state index is 0.000172. The number of aromatic nitrogens is 3. The zero-order valence-corrected chi connectivity index (χ0v) is 31.0. The molecule has 272 valence electrons. The van der Waals surface area contributed by atoms with Crippen molar-refractivity contribution in [3.05, 3.63) is 54.1 Å². The molecule has 1 aliphatic carbocycles. The first-order valence-electron chi connectivity index (χ1n) is 17.8. The van der Waals surface area contributed by atoms with Crippen LogP contribution in [0.3, 0.4) is 0 Å². The van der Waals surface area contributed by atoms with E-state index in [9.17, 15) is 19.2 Å². The molecule has 1 aliphatic heterocycles. The molecule has 0 saturated heterocycles. The van der Waals surface area contributed by atoms with E-state index in [2.05, 4.69) is 27.9 Å². The molecule has 0 atom stereocenters. The predicted octanol–water partition coefficient (Wildman–Crippen LogP) is 4.74. The van der Waals surface area contributed by atoms with E-state index >= 15 is 0 Å². The maximum Gasteiger partial charge on any atom is 0.392 e. The number of carbonyl (C=O) groups excluding carboxylic acids is 4. The second kappa shape index (κ2) is 15.3. The van der Waals surface area contributed by atoms with E-state index in [4.69, 9.17) is 4.74 Å². The SMILES string of the molecule is CNC(=O)Cn1nnc2c1-c1ccccc1CN(C(=O)CCC(=O)NCC(C)(C)OCCC(C)(C)C(=O)[N+](C)=CCC1(C)CC1)c1ccccc1-2. The van der Waals surface area contributed by atoms with Crippen molar-refractivity contribution in [2.75, 3.05) is 32.1 Å². The van der Waals surface area contributed by atoms with Crippen molar-refractivity contribution in [2.24, 2.45) is 10.8 Å². The average Bonchev–Trinajstić information content (AvgIpc) is 3.71. The van der Waals surface area contributed by atoms with Crippen LogP contribution in [0.1, 0.15) is 78.7 Å². The Kier molecular flexibility index (Phi) is 11.2. The van der Waals surface area contributed by atoms with Crippen molar-refractivity contribution < 1.29 is 28.5 Å². The van der Waals surface area contributed by atoms with Gasteiger partial charge in [0.15, 0.2) is 0 Å². The monoisotopic (exact) mass is 698 g/mol. The molecule has 2 aliphatic rings. The molecule has 51 heavy (non-hydrogen) atoms. The smallest absolute Gasteiger partial charge is 0.374 e. The van der Waals surface area contributed by atoms with Crippen molar-refractivity contribution >= 4 is 35.5 Å². The molecule has 0 bridgehead atoms. The summed E-state index contributed by atoms with van der Waals surface area (Å²) in [6.07, 6.45) is 5.88. The lowest BCUT2D eigenvalue weighted by molar-refractivity contribution is -0.424. The zero-order valence-electron chi connectivity index (χ0n) is 31.0. The van der Waals surface area contributed by atoms with Crippen LogP contribution < -0.4 is 15.5 Å². The first kappa shape index (κ1) is 37.5. The van der Waals surface area contributed by atoms with Crippen LogP contribution in [-0.4, -0.2) is 82.3 Å². The first-order chi connectivity index (χ1) is 24.1. The lowest BCUT2D eigenvalue weighted by atomic mass is 9.88. The van der Waals surface area contributed by atoms with E-state index in [-0.39, 0.29) is 56.1 Å². The number of hydrogen-bond donors (Lipinski definition) is 2. The predicted molar refractivity (Wildman–Crippen MR) is 196 cm³/mol. The number of para-hydroxylation sites is 1.